The largest absolute Gasteiger partial charge is 0.493 e. The second kappa shape index (κ2) is 8.85. The van der Waals surface area contributed by atoms with Crippen molar-refractivity contribution in [2.45, 2.75) is 31.5 Å². The van der Waals surface area contributed by atoms with Crippen LogP contribution in [0.1, 0.15) is 18.4 Å². The Labute approximate surface area is 128 Å². The molecule has 1 atom stereocenters. The second-order valence-corrected chi connectivity index (χ2v) is 4.96. The Morgan fingerprint density at radius 2 is 1.86 bits per heavy atom. The van der Waals surface area contributed by atoms with E-state index in [0.717, 1.165) is 0 Å². The van der Waals surface area contributed by atoms with E-state index >= 15 is 0 Å². The van der Waals surface area contributed by atoms with Crippen LogP contribution >= 0.6 is 0 Å². The number of methoxy groups -OCH3 is 2. The van der Waals surface area contributed by atoms with Crippen LogP contribution in [0.25, 0.3) is 0 Å². The van der Waals surface area contributed by atoms with Crippen LogP contribution in [0.4, 0.5) is 13.2 Å². The topological polar surface area (TPSA) is 53.7 Å². The summed E-state index contributed by atoms with van der Waals surface area (Å²) >= 11 is 0. The monoisotopic (exact) mass is 321 g/mol. The van der Waals surface area contributed by atoms with Gasteiger partial charge in [0.25, 0.3) is 0 Å². The lowest BCUT2D eigenvalue weighted by Gasteiger charge is -2.16. The van der Waals surface area contributed by atoms with Gasteiger partial charge in [0.05, 0.1) is 20.1 Å². The molecule has 0 bridgehead atoms. The van der Waals surface area contributed by atoms with Crippen LogP contribution in [0.5, 0.6) is 11.5 Å². The molecule has 0 amide bonds. The molecule has 0 heterocycles. The number of ether oxygens (including phenoxy) is 3. The maximum atomic E-state index is 12.3. The zero-order chi connectivity index (χ0) is 16.6. The maximum Gasteiger partial charge on any atom is 0.390 e. The van der Waals surface area contributed by atoms with Crippen molar-refractivity contribution < 1.29 is 27.4 Å². The van der Waals surface area contributed by atoms with E-state index in [2.05, 4.69) is 0 Å². The van der Waals surface area contributed by atoms with Gasteiger partial charge in [-0.2, -0.15) is 13.2 Å². The third-order valence-corrected chi connectivity index (χ3v) is 2.97. The SMILES string of the molecule is COCCCOc1cc(C[C@H](N)CC(F)(F)F)ccc1OC. The average molecular weight is 321 g/mol. The van der Waals surface area contributed by atoms with Crippen LogP contribution < -0.4 is 15.2 Å². The quantitative estimate of drug-likeness (QED) is 0.711. The van der Waals surface area contributed by atoms with Crippen molar-refractivity contribution in [2.24, 2.45) is 5.73 Å². The van der Waals surface area contributed by atoms with Crippen molar-refractivity contribution in [2.75, 3.05) is 27.4 Å². The Morgan fingerprint density at radius 3 is 2.45 bits per heavy atom. The fourth-order valence-electron chi connectivity index (χ4n) is 2.02. The Bertz CT molecular complexity index is 452. The van der Waals surface area contributed by atoms with Crippen molar-refractivity contribution in [3.05, 3.63) is 23.8 Å². The standard InChI is InChI=1S/C15H22F3NO3/c1-20-6-3-7-22-14-9-11(4-5-13(14)21-2)8-12(19)10-15(16,17)18/h4-5,9,12H,3,6-8,10,19H2,1-2H3/t12-/m0/s1. The van der Waals surface area contributed by atoms with Crippen molar-refractivity contribution >= 4 is 0 Å². The third-order valence-electron chi connectivity index (χ3n) is 2.97. The highest BCUT2D eigenvalue weighted by molar-refractivity contribution is 5.43. The van der Waals surface area contributed by atoms with Gasteiger partial charge in [0.15, 0.2) is 11.5 Å². The van der Waals surface area contributed by atoms with E-state index in [1.54, 1.807) is 25.3 Å². The number of nitrogens with two attached hydrogens (primary N) is 1. The number of rotatable bonds is 9. The van der Waals surface area contributed by atoms with Crippen LogP contribution in [0, 0.1) is 0 Å². The summed E-state index contributed by atoms with van der Waals surface area (Å²) in [7, 11) is 3.11. The highest BCUT2D eigenvalue weighted by atomic mass is 19.4. The van der Waals surface area contributed by atoms with Crippen molar-refractivity contribution in [1.82, 2.24) is 0 Å². The molecule has 0 aliphatic rings. The summed E-state index contributed by atoms with van der Waals surface area (Å²) in [6.07, 6.45) is -4.44. The Hall–Kier alpha value is -1.47. The highest BCUT2D eigenvalue weighted by Gasteiger charge is 2.30. The molecule has 1 aromatic rings. The van der Waals surface area contributed by atoms with Gasteiger partial charge in [-0.15, -0.1) is 0 Å². The summed E-state index contributed by atoms with van der Waals surface area (Å²) in [6, 6.07) is 4.05. The number of halogens is 3. The summed E-state index contributed by atoms with van der Waals surface area (Å²) < 4.78 is 52.6. The normalized spacial score (nSPS) is 13.0. The van der Waals surface area contributed by atoms with Crippen molar-refractivity contribution in [3.63, 3.8) is 0 Å². The number of alkyl halides is 3. The van der Waals surface area contributed by atoms with Gasteiger partial charge in [-0.3, -0.25) is 0 Å². The minimum Gasteiger partial charge on any atom is -0.493 e. The Kier molecular flexibility index (Phi) is 7.47. The third kappa shape index (κ3) is 7.00. The average Bonchev–Trinajstić information content (AvgIpc) is 2.42. The van der Waals surface area contributed by atoms with Gasteiger partial charge in [-0.1, -0.05) is 6.07 Å². The van der Waals surface area contributed by atoms with E-state index in [0.29, 0.717) is 36.7 Å². The molecule has 0 fully saturated rings. The molecule has 0 aliphatic carbocycles. The summed E-state index contributed by atoms with van der Waals surface area (Å²) in [5, 5.41) is 0. The van der Waals surface area contributed by atoms with Crippen LogP contribution in [0.15, 0.2) is 18.2 Å². The molecule has 0 aliphatic heterocycles. The minimum atomic E-state index is -4.26. The molecular formula is C15H22F3NO3. The first kappa shape index (κ1) is 18.6. The first-order valence-corrected chi connectivity index (χ1v) is 6.96. The van der Waals surface area contributed by atoms with Gasteiger partial charge in [-0.25, -0.2) is 0 Å². The van der Waals surface area contributed by atoms with Crippen molar-refractivity contribution in [3.8, 4) is 11.5 Å². The molecule has 126 valence electrons. The fraction of sp³-hybridized carbons (Fsp3) is 0.600. The molecule has 0 unspecified atom stereocenters. The number of benzene rings is 1. The van der Waals surface area contributed by atoms with Crippen molar-refractivity contribution in [1.29, 1.82) is 0 Å². The minimum absolute atomic E-state index is 0.123. The molecule has 0 aromatic heterocycles. The van der Waals surface area contributed by atoms with Crippen LogP contribution in [-0.2, 0) is 11.2 Å². The smallest absolute Gasteiger partial charge is 0.390 e. The first-order chi connectivity index (χ1) is 10.4. The summed E-state index contributed by atoms with van der Waals surface area (Å²) in [5.41, 5.74) is 6.22. The van der Waals surface area contributed by atoms with Crippen LogP contribution in [-0.4, -0.2) is 39.7 Å². The molecule has 0 radical (unpaired) electrons. The lowest BCUT2D eigenvalue weighted by Crippen LogP contribution is -2.29. The molecule has 1 rings (SSSR count). The van der Waals surface area contributed by atoms with E-state index in [1.807, 2.05) is 0 Å². The van der Waals surface area contributed by atoms with Gasteiger partial charge >= 0.3 is 6.18 Å². The molecule has 7 heteroatoms. The zero-order valence-corrected chi connectivity index (χ0v) is 12.8. The van der Waals surface area contributed by atoms with E-state index in [1.165, 1.54) is 7.11 Å². The Balaban J connectivity index is 2.68. The first-order valence-electron chi connectivity index (χ1n) is 6.96. The number of hydrogen-bond acceptors (Lipinski definition) is 4. The second-order valence-electron chi connectivity index (χ2n) is 4.96. The zero-order valence-electron chi connectivity index (χ0n) is 12.8. The molecular weight excluding hydrogens is 299 g/mol. The van der Waals surface area contributed by atoms with Gasteiger partial charge in [0.2, 0.25) is 0 Å². The van der Waals surface area contributed by atoms with E-state index in [-0.39, 0.29) is 6.42 Å². The van der Waals surface area contributed by atoms with E-state index < -0.39 is 18.6 Å². The lowest BCUT2D eigenvalue weighted by atomic mass is 10.0. The molecule has 0 saturated heterocycles. The molecule has 2 N–H and O–H groups in total. The predicted molar refractivity (Wildman–Crippen MR) is 77.3 cm³/mol. The predicted octanol–water partition coefficient (Wildman–Crippen LogP) is 2.93. The van der Waals surface area contributed by atoms with Gasteiger partial charge in [0.1, 0.15) is 0 Å². The van der Waals surface area contributed by atoms with Crippen LogP contribution in [0.2, 0.25) is 0 Å². The molecule has 0 spiro atoms. The fourth-order valence-corrected chi connectivity index (χ4v) is 2.02. The summed E-state index contributed by atoms with van der Waals surface area (Å²) in [4.78, 5) is 0. The maximum absolute atomic E-state index is 12.3. The Morgan fingerprint density at radius 1 is 1.14 bits per heavy atom. The van der Waals surface area contributed by atoms with Gasteiger partial charge in [0, 0.05) is 26.2 Å². The highest BCUT2D eigenvalue weighted by Crippen LogP contribution is 2.29. The summed E-state index contributed by atoms with van der Waals surface area (Å²) in [6.45, 7) is 1.00. The van der Waals surface area contributed by atoms with Crippen LogP contribution in [0.3, 0.4) is 0 Å². The van der Waals surface area contributed by atoms with Gasteiger partial charge < -0.3 is 19.9 Å². The molecule has 0 saturated carbocycles. The molecule has 1 aromatic carbocycles. The van der Waals surface area contributed by atoms with E-state index in [4.69, 9.17) is 19.9 Å². The summed E-state index contributed by atoms with van der Waals surface area (Å²) in [5.74, 6) is 1.03. The molecule has 4 nitrogen and oxygen atoms in total. The molecule has 22 heavy (non-hydrogen) atoms. The number of hydrogen-bond donors (Lipinski definition) is 1. The van der Waals surface area contributed by atoms with Gasteiger partial charge in [-0.05, 0) is 24.1 Å². The van der Waals surface area contributed by atoms with E-state index in [9.17, 15) is 13.2 Å². The lowest BCUT2D eigenvalue weighted by molar-refractivity contribution is -0.138.